The van der Waals surface area contributed by atoms with Gasteiger partial charge >= 0.3 is 12.2 Å². The Labute approximate surface area is 207 Å². The molecule has 0 aliphatic carbocycles. The van der Waals surface area contributed by atoms with Crippen molar-refractivity contribution >= 4 is 11.7 Å². The molecule has 8 nitrogen and oxygen atoms in total. The molecular weight excluding hydrogens is 473 g/mol. The van der Waals surface area contributed by atoms with Gasteiger partial charge in [-0.15, -0.1) is 0 Å². The van der Waals surface area contributed by atoms with Crippen molar-refractivity contribution in [2.75, 3.05) is 13.2 Å². The lowest BCUT2D eigenvalue weighted by atomic mass is 10.0. The van der Waals surface area contributed by atoms with Crippen molar-refractivity contribution in [3.63, 3.8) is 0 Å². The van der Waals surface area contributed by atoms with E-state index in [9.17, 15) is 18.0 Å². The van der Waals surface area contributed by atoms with Crippen LogP contribution < -0.4 is 10.1 Å². The summed E-state index contributed by atoms with van der Waals surface area (Å²) in [6.07, 6.45) is 4.25. The van der Waals surface area contributed by atoms with Crippen LogP contribution in [0.3, 0.4) is 0 Å². The summed E-state index contributed by atoms with van der Waals surface area (Å²) in [5.74, 6) is 0.420. The molecule has 0 fully saturated rings. The number of aromatic nitrogens is 4. The molecule has 0 radical (unpaired) electrons. The predicted octanol–water partition coefficient (Wildman–Crippen LogP) is 5.55. The number of carbonyl (C=O) groups is 1. The number of nitrogens with zero attached hydrogens (tertiary/aromatic N) is 5. The predicted molar refractivity (Wildman–Crippen MR) is 129 cm³/mol. The van der Waals surface area contributed by atoms with Crippen LogP contribution >= 0.6 is 0 Å². The van der Waals surface area contributed by atoms with Crippen molar-refractivity contribution < 1.29 is 22.7 Å². The second-order valence-electron chi connectivity index (χ2n) is 9.02. The first kappa shape index (κ1) is 25.7. The average molecular weight is 505 g/mol. The van der Waals surface area contributed by atoms with Crippen LogP contribution in [0.5, 0.6) is 5.88 Å². The summed E-state index contributed by atoms with van der Waals surface area (Å²) >= 11 is 0. The third-order valence-electron chi connectivity index (χ3n) is 6.46. The van der Waals surface area contributed by atoms with Gasteiger partial charge < -0.3 is 19.4 Å². The van der Waals surface area contributed by atoms with E-state index in [0.717, 1.165) is 12.0 Å². The number of pyridine rings is 1. The Hall–Kier alpha value is -3.37. The van der Waals surface area contributed by atoms with Gasteiger partial charge in [-0.25, -0.2) is 14.8 Å². The molecule has 1 aliphatic rings. The number of rotatable bonds is 3. The molecule has 1 N–H and O–H groups in total. The first-order valence-electron chi connectivity index (χ1n) is 12.3. The van der Waals surface area contributed by atoms with Crippen LogP contribution in [0.15, 0.2) is 36.9 Å². The number of amides is 2. The summed E-state index contributed by atoms with van der Waals surface area (Å²) < 4.78 is 46.6. The number of nitrogens with one attached hydrogen (secondary N) is 1. The first-order chi connectivity index (χ1) is 17.2. The van der Waals surface area contributed by atoms with Crippen molar-refractivity contribution in [2.24, 2.45) is 0 Å². The largest absolute Gasteiger partial charge is 0.475 e. The maximum absolute atomic E-state index is 13.2. The van der Waals surface area contributed by atoms with E-state index in [1.165, 1.54) is 0 Å². The lowest BCUT2D eigenvalue weighted by molar-refractivity contribution is -0.136. The quantitative estimate of drug-likeness (QED) is 0.506. The molecule has 0 unspecified atom stereocenters. The monoisotopic (exact) mass is 504 g/mol. The minimum absolute atomic E-state index is 0.154. The molecule has 11 heteroatoms. The molecule has 2 atom stereocenters. The molecule has 3 aromatic heterocycles. The lowest BCUT2D eigenvalue weighted by Gasteiger charge is -2.30. The topological polar surface area (TPSA) is 84.7 Å². The normalized spacial score (nSPS) is 20.0. The van der Waals surface area contributed by atoms with Gasteiger partial charge in [0.05, 0.1) is 24.0 Å². The van der Waals surface area contributed by atoms with Gasteiger partial charge in [0.1, 0.15) is 0 Å². The van der Waals surface area contributed by atoms with Gasteiger partial charge in [0.15, 0.2) is 0 Å². The Morgan fingerprint density at radius 2 is 2.03 bits per heavy atom. The van der Waals surface area contributed by atoms with Gasteiger partial charge in [0.25, 0.3) is 5.88 Å². The highest BCUT2D eigenvalue weighted by molar-refractivity contribution is 5.75. The number of carbonyl (C=O) groups excluding carboxylic acids is 1. The zero-order valence-electron chi connectivity index (χ0n) is 20.5. The maximum atomic E-state index is 13.2. The third-order valence-corrected chi connectivity index (χ3v) is 6.46. The van der Waals surface area contributed by atoms with Crippen LogP contribution in [0.1, 0.15) is 64.1 Å². The van der Waals surface area contributed by atoms with Crippen molar-refractivity contribution in [3.8, 4) is 17.1 Å². The Balaban J connectivity index is 1.66. The van der Waals surface area contributed by atoms with E-state index < -0.39 is 30.7 Å². The second kappa shape index (κ2) is 11.1. The summed E-state index contributed by atoms with van der Waals surface area (Å²) in [5, 5.41) is 2.85. The molecule has 194 valence electrons. The van der Waals surface area contributed by atoms with E-state index in [1.807, 2.05) is 42.8 Å². The van der Waals surface area contributed by atoms with Gasteiger partial charge in [-0.05, 0) is 51.7 Å². The third kappa shape index (κ3) is 6.24. The van der Waals surface area contributed by atoms with Crippen LogP contribution in [0, 0.1) is 0 Å². The molecule has 0 aromatic carbocycles. The van der Waals surface area contributed by atoms with E-state index in [2.05, 4.69) is 15.3 Å². The second-order valence-corrected chi connectivity index (χ2v) is 9.02. The van der Waals surface area contributed by atoms with Crippen molar-refractivity contribution in [1.82, 2.24) is 29.6 Å². The summed E-state index contributed by atoms with van der Waals surface area (Å²) in [5.41, 5.74) is 2.74. The average Bonchev–Trinajstić information content (AvgIpc) is 3.33. The number of halogens is 3. The van der Waals surface area contributed by atoms with E-state index in [-0.39, 0.29) is 6.42 Å². The molecule has 4 rings (SSSR count). The van der Waals surface area contributed by atoms with Gasteiger partial charge in [-0.3, -0.25) is 4.98 Å². The number of hydrogen-bond acceptors (Lipinski definition) is 5. The van der Waals surface area contributed by atoms with Gasteiger partial charge in [-0.1, -0.05) is 6.42 Å². The van der Waals surface area contributed by atoms with Gasteiger partial charge in [0.2, 0.25) is 5.65 Å². The number of hydrogen-bond donors (Lipinski definition) is 1. The number of fused-ring (bicyclic) bond motifs is 7. The summed E-state index contributed by atoms with van der Waals surface area (Å²) in [4.78, 5) is 28.3. The smallest absolute Gasteiger partial charge is 0.389 e. The Morgan fingerprint density at radius 3 is 2.81 bits per heavy atom. The number of ether oxygens (including phenoxy) is 1. The molecule has 0 saturated heterocycles. The van der Waals surface area contributed by atoms with Crippen molar-refractivity contribution in [3.05, 3.63) is 42.6 Å². The number of imidazole rings is 1. The highest BCUT2D eigenvalue weighted by Crippen LogP contribution is 2.28. The van der Waals surface area contributed by atoms with Crippen molar-refractivity contribution in [1.29, 1.82) is 0 Å². The van der Waals surface area contributed by atoms with Crippen LogP contribution in [0.2, 0.25) is 0 Å². The highest BCUT2D eigenvalue weighted by atomic mass is 19.4. The fourth-order valence-electron chi connectivity index (χ4n) is 4.45. The highest BCUT2D eigenvalue weighted by Gasteiger charge is 2.30. The zero-order valence-corrected chi connectivity index (χ0v) is 20.5. The fourth-order valence-corrected chi connectivity index (χ4v) is 4.45. The lowest BCUT2D eigenvalue weighted by Crippen LogP contribution is -2.46. The van der Waals surface area contributed by atoms with E-state index in [0.29, 0.717) is 55.3 Å². The van der Waals surface area contributed by atoms with E-state index in [4.69, 9.17) is 9.72 Å². The molecule has 0 saturated carbocycles. The molecule has 4 heterocycles. The molecule has 1 aliphatic heterocycles. The summed E-state index contributed by atoms with van der Waals surface area (Å²) in [6.45, 7) is 4.48. The van der Waals surface area contributed by atoms with Crippen LogP contribution in [0.4, 0.5) is 18.0 Å². The Bertz CT molecular complexity index is 1180. The molecule has 0 spiro atoms. The van der Waals surface area contributed by atoms with E-state index in [1.54, 1.807) is 17.3 Å². The Kier molecular flexibility index (Phi) is 7.95. The minimum atomic E-state index is -4.27. The Morgan fingerprint density at radius 1 is 1.19 bits per heavy atom. The first-order valence-corrected chi connectivity index (χ1v) is 12.3. The van der Waals surface area contributed by atoms with Gasteiger partial charge in [0, 0.05) is 49.4 Å². The SMILES string of the molecule is CCN1C(=O)N[C@@H](CCC(F)(F)F)CCCCCOc2nc(cn3ccnc23)-c2ccnc(c2)[C@H]1C. The van der Waals surface area contributed by atoms with E-state index >= 15 is 0 Å². The molecular formula is C25H31F3N6O2. The number of alkyl halides is 3. The van der Waals surface area contributed by atoms with Crippen LogP contribution in [-0.4, -0.2) is 55.7 Å². The van der Waals surface area contributed by atoms with Gasteiger partial charge in [-0.2, -0.15) is 13.2 Å². The summed E-state index contributed by atoms with van der Waals surface area (Å²) in [6, 6.07) is 2.34. The van der Waals surface area contributed by atoms with Crippen LogP contribution in [-0.2, 0) is 0 Å². The molecule has 3 aromatic rings. The van der Waals surface area contributed by atoms with Crippen LogP contribution in [0.25, 0.3) is 16.9 Å². The molecule has 4 bridgehead atoms. The maximum Gasteiger partial charge on any atom is 0.389 e. The minimum Gasteiger partial charge on any atom is -0.475 e. The zero-order chi connectivity index (χ0) is 25.7. The summed E-state index contributed by atoms with van der Waals surface area (Å²) in [7, 11) is 0. The standard InChI is InChI=1S/C25H31F3N6O2/c1-3-34-17(2)20-15-18(9-11-29-20)21-16-33-13-12-30-22(33)23(32-21)36-14-6-4-5-7-19(31-24(34)35)8-10-25(26,27)28/h9,11-13,15-17,19H,3-8,10,14H2,1-2H3,(H,31,35)/t17-,19-/m1/s1. The molecule has 36 heavy (non-hydrogen) atoms. The number of urea groups is 1. The fraction of sp³-hybridized carbons (Fsp3) is 0.520. The molecule has 2 amide bonds. The van der Waals surface area contributed by atoms with Crippen molar-refractivity contribution in [2.45, 2.75) is 70.6 Å².